The molecule has 1 heterocycles. The molecular formula is C18H20N4O2. The molecule has 0 radical (unpaired) electrons. The number of rotatable bonds is 4. The van der Waals surface area contributed by atoms with Crippen molar-refractivity contribution in [1.29, 1.82) is 0 Å². The van der Waals surface area contributed by atoms with E-state index >= 15 is 0 Å². The van der Waals surface area contributed by atoms with Crippen molar-refractivity contribution in [3.8, 4) is 0 Å². The minimum Gasteiger partial charge on any atom is -0.399 e. The molecule has 3 amide bonds. The van der Waals surface area contributed by atoms with Crippen molar-refractivity contribution in [1.82, 2.24) is 10.2 Å². The first kappa shape index (κ1) is 15.9. The van der Waals surface area contributed by atoms with Crippen LogP contribution >= 0.6 is 0 Å². The highest BCUT2D eigenvalue weighted by molar-refractivity contribution is 6.06. The monoisotopic (exact) mass is 324 g/mol. The third-order valence-corrected chi connectivity index (χ3v) is 4.23. The minimum atomic E-state index is -0.870. The molecule has 0 spiro atoms. The lowest BCUT2D eigenvalue weighted by Crippen LogP contribution is -2.43. The predicted molar refractivity (Wildman–Crippen MR) is 93.7 cm³/mol. The Bertz CT molecular complexity index is 784. The number of hydrogen-bond donors (Lipinski definition) is 3. The normalized spacial score (nSPS) is 16.2. The van der Waals surface area contributed by atoms with E-state index in [0.717, 1.165) is 16.9 Å². The summed E-state index contributed by atoms with van der Waals surface area (Å²) < 4.78 is 0. The van der Waals surface area contributed by atoms with E-state index in [4.69, 9.17) is 5.73 Å². The number of benzene rings is 2. The first-order chi connectivity index (χ1) is 11.4. The summed E-state index contributed by atoms with van der Waals surface area (Å²) >= 11 is 0. The molecule has 0 unspecified atom stereocenters. The van der Waals surface area contributed by atoms with Crippen LogP contribution in [0.25, 0.3) is 0 Å². The molecule has 0 aromatic heterocycles. The van der Waals surface area contributed by atoms with E-state index < -0.39 is 5.54 Å². The quantitative estimate of drug-likeness (QED) is 0.596. The topological polar surface area (TPSA) is 87.5 Å². The van der Waals surface area contributed by atoms with Gasteiger partial charge in [0, 0.05) is 17.1 Å². The van der Waals surface area contributed by atoms with Crippen LogP contribution in [-0.4, -0.2) is 22.4 Å². The number of carbonyl (C=O) groups is 2. The first-order valence-electron chi connectivity index (χ1n) is 7.71. The van der Waals surface area contributed by atoms with Gasteiger partial charge in [-0.2, -0.15) is 0 Å². The Morgan fingerprint density at radius 2 is 1.75 bits per heavy atom. The van der Waals surface area contributed by atoms with Gasteiger partial charge in [-0.3, -0.25) is 10.1 Å². The molecule has 0 atom stereocenters. The highest BCUT2D eigenvalue weighted by atomic mass is 16.2. The molecule has 4 N–H and O–H groups in total. The van der Waals surface area contributed by atoms with Crippen LogP contribution in [0.2, 0.25) is 0 Å². The largest absolute Gasteiger partial charge is 0.399 e. The van der Waals surface area contributed by atoms with Crippen LogP contribution in [0.1, 0.15) is 19.4 Å². The van der Waals surface area contributed by atoms with Crippen LogP contribution in [0.5, 0.6) is 0 Å². The zero-order valence-corrected chi connectivity index (χ0v) is 13.7. The number of nitrogens with zero attached hydrogens (tertiary/aromatic N) is 1. The standard InChI is InChI=1S/C18H20N4O2/c1-18(2)16(23)21-17(24)22(18)11-12-5-3-4-6-15(12)20-14-9-7-13(19)8-10-14/h3-10,20H,11,19H2,1-2H3,(H,21,23,24). The first-order valence-corrected chi connectivity index (χ1v) is 7.71. The predicted octanol–water partition coefficient (Wildman–Crippen LogP) is 2.84. The molecule has 2 aromatic carbocycles. The van der Waals surface area contributed by atoms with Gasteiger partial charge < -0.3 is 16.0 Å². The summed E-state index contributed by atoms with van der Waals surface area (Å²) in [6, 6.07) is 14.8. The van der Waals surface area contributed by atoms with Crippen molar-refractivity contribution in [3.63, 3.8) is 0 Å². The van der Waals surface area contributed by atoms with Gasteiger partial charge in [0.1, 0.15) is 5.54 Å². The number of nitrogen functional groups attached to an aromatic ring is 1. The lowest BCUT2D eigenvalue weighted by atomic mass is 10.0. The number of carbonyl (C=O) groups excluding carboxylic acids is 2. The average molecular weight is 324 g/mol. The zero-order valence-electron chi connectivity index (χ0n) is 13.7. The van der Waals surface area contributed by atoms with Crippen molar-refractivity contribution in [2.24, 2.45) is 0 Å². The summed E-state index contributed by atoms with van der Waals surface area (Å²) in [6.07, 6.45) is 0. The highest BCUT2D eigenvalue weighted by Crippen LogP contribution is 2.28. The fraction of sp³-hybridized carbons (Fsp3) is 0.222. The van der Waals surface area contributed by atoms with Crippen molar-refractivity contribution >= 4 is 29.0 Å². The smallest absolute Gasteiger partial charge is 0.325 e. The lowest BCUT2D eigenvalue weighted by molar-refractivity contribution is -0.125. The Balaban J connectivity index is 1.86. The molecule has 1 aliphatic rings. The van der Waals surface area contributed by atoms with Crippen LogP contribution in [0.15, 0.2) is 48.5 Å². The number of imide groups is 1. The van der Waals surface area contributed by atoms with Gasteiger partial charge >= 0.3 is 6.03 Å². The van der Waals surface area contributed by atoms with Crippen molar-refractivity contribution in [2.75, 3.05) is 11.1 Å². The Morgan fingerprint density at radius 3 is 2.38 bits per heavy atom. The second kappa shape index (κ2) is 5.88. The van der Waals surface area contributed by atoms with Crippen LogP contribution in [0, 0.1) is 0 Å². The molecule has 6 nitrogen and oxygen atoms in total. The number of nitrogens with two attached hydrogens (primary N) is 1. The third-order valence-electron chi connectivity index (χ3n) is 4.23. The van der Waals surface area contributed by atoms with E-state index in [2.05, 4.69) is 10.6 Å². The van der Waals surface area contributed by atoms with Crippen molar-refractivity contribution in [3.05, 3.63) is 54.1 Å². The van der Waals surface area contributed by atoms with E-state index in [1.807, 2.05) is 48.5 Å². The van der Waals surface area contributed by atoms with Crippen LogP contribution < -0.4 is 16.4 Å². The molecule has 1 saturated heterocycles. The molecule has 0 bridgehead atoms. The Labute approximate surface area is 140 Å². The number of nitrogens with one attached hydrogen (secondary N) is 2. The number of para-hydroxylation sites is 1. The highest BCUT2D eigenvalue weighted by Gasteiger charge is 2.45. The van der Waals surface area contributed by atoms with Gasteiger partial charge in [-0.05, 0) is 49.7 Å². The molecule has 0 aliphatic carbocycles. The van der Waals surface area contributed by atoms with E-state index in [1.165, 1.54) is 0 Å². The van der Waals surface area contributed by atoms with E-state index in [9.17, 15) is 9.59 Å². The molecular weight excluding hydrogens is 304 g/mol. The van der Waals surface area contributed by atoms with E-state index in [0.29, 0.717) is 12.2 Å². The van der Waals surface area contributed by atoms with Crippen LogP contribution in [0.4, 0.5) is 21.9 Å². The number of amides is 3. The Hall–Kier alpha value is -3.02. The van der Waals surface area contributed by atoms with Gasteiger partial charge in [0.25, 0.3) is 5.91 Å². The Kier molecular flexibility index (Phi) is 3.89. The van der Waals surface area contributed by atoms with Crippen molar-refractivity contribution < 1.29 is 9.59 Å². The van der Waals surface area contributed by atoms with Gasteiger partial charge in [0.15, 0.2) is 0 Å². The van der Waals surface area contributed by atoms with Gasteiger partial charge in [0.05, 0.1) is 6.54 Å². The minimum absolute atomic E-state index is 0.281. The fourth-order valence-corrected chi connectivity index (χ4v) is 2.64. The average Bonchev–Trinajstić information content (AvgIpc) is 2.73. The van der Waals surface area contributed by atoms with E-state index in [-0.39, 0.29) is 11.9 Å². The maximum Gasteiger partial charge on any atom is 0.325 e. The van der Waals surface area contributed by atoms with Gasteiger partial charge in [-0.15, -0.1) is 0 Å². The summed E-state index contributed by atoms with van der Waals surface area (Å²) in [5.41, 5.74) is 8.24. The second-order valence-electron chi connectivity index (χ2n) is 6.31. The number of urea groups is 1. The number of anilines is 3. The van der Waals surface area contributed by atoms with Crippen LogP contribution in [0.3, 0.4) is 0 Å². The molecule has 0 saturated carbocycles. The van der Waals surface area contributed by atoms with E-state index in [1.54, 1.807) is 18.7 Å². The molecule has 6 heteroatoms. The maximum atomic E-state index is 12.1. The van der Waals surface area contributed by atoms with Crippen LogP contribution in [-0.2, 0) is 11.3 Å². The second-order valence-corrected chi connectivity index (χ2v) is 6.31. The molecule has 2 aromatic rings. The summed E-state index contributed by atoms with van der Waals surface area (Å²) in [7, 11) is 0. The number of hydrogen-bond acceptors (Lipinski definition) is 4. The molecule has 124 valence electrons. The van der Waals surface area contributed by atoms with Gasteiger partial charge in [-0.25, -0.2) is 4.79 Å². The SMILES string of the molecule is CC1(C)C(=O)NC(=O)N1Cc1ccccc1Nc1ccc(N)cc1. The van der Waals surface area contributed by atoms with Gasteiger partial charge in [-0.1, -0.05) is 18.2 Å². The molecule has 1 fully saturated rings. The molecule has 3 rings (SSSR count). The van der Waals surface area contributed by atoms with Crippen molar-refractivity contribution in [2.45, 2.75) is 25.9 Å². The lowest BCUT2D eigenvalue weighted by Gasteiger charge is -2.28. The summed E-state index contributed by atoms with van der Waals surface area (Å²) in [4.78, 5) is 25.5. The maximum absolute atomic E-state index is 12.1. The molecule has 1 aliphatic heterocycles. The summed E-state index contributed by atoms with van der Waals surface area (Å²) in [5, 5.41) is 5.69. The Morgan fingerprint density at radius 1 is 1.08 bits per heavy atom. The molecule has 24 heavy (non-hydrogen) atoms. The zero-order chi connectivity index (χ0) is 17.3. The van der Waals surface area contributed by atoms with Gasteiger partial charge in [0.2, 0.25) is 0 Å². The third kappa shape index (κ3) is 2.90. The fourth-order valence-electron chi connectivity index (χ4n) is 2.64. The summed E-state index contributed by atoms with van der Waals surface area (Å²) in [6.45, 7) is 3.81. The summed E-state index contributed by atoms with van der Waals surface area (Å²) in [5.74, 6) is -0.281.